The van der Waals surface area contributed by atoms with Crippen LogP contribution in [0.5, 0.6) is 0 Å². The summed E-state index contributed by atoms with van der Waals surface area (Å²) < 4.78 is 5.08. The Morgan fingerprint density at radius 1 is 1.11 bits per heavy atom. The van der Waals surface area contributed by atoms with Gasteiger partial charge < -0.3 is 15.4 Å². The fraction of sp³-hybridized carbons (Fsp3) is 0.846. The number of nitrogens with one attached hydrogen (secondary N) is 2. The zero-order valence-electron chi connectivity index (χ0n) is 12.1. The first-order chi connectivity index (χ1) is 8.20. The van der Waals surface area contributed by atoms with E-state index < -0.39 is 11.7 Å². The SMILES string of the molecule is CC(C)CC(=O)NCCCNC(=O)OC(C)(C)C. The molecule has 2 N–H and O–H groups in total. The molecule has 0 aromatic heterocycles. The Hall–Kier alpha value is -1.26. The van der Waals surface area contributed by atoms with E-state index in [9.17, 15) is 9.59 Å². The molecule has 0 aromatic rings. The Morgan fingerprint density at radius 2 is 1.67 bits per heavy atom. The molecule has 0 bridgehead atoms. The minimum Gasteiger partial charge on any atom is -0.444 e. The van der Waals surface area contributed by atoms with Gasteiger partial charge in [0, 0.05) is 19.5 Å². The lowest BCUT2D eigenvalue weighted by atomic mass is 10.1. The third kappa shape index (κ3) is 11.2. The highest BCUT2D eigenvalue weighted by Gasteiger charge is 2.15. The largest absolute Gasteiger partial charge is 0.444 e. The van der Waals surface area contributed by atoms with Crippen LogP contribution >= 0.6 is 0 Å². The number of hydrogen-bond donors (Lipinski definition) is 2. The van der Waals surface area contributed by atoms with Crippen molar-refractivity contribution in [2.24, 2.45) is 5.92 Å². The Labute approximate surface area is 110 Å². The van der Waals surface area contributed by atoms with Crippen molar-refractivity contribution in [1.29, 1.82) is 0 Å². The second kappa shape index (κ2) is 7.95. The minimum absolute atomic E-state index is 0.0577. The van der Waals surface area contributed by atoms with Crippen LogP contribution in [0, 0.1) is 5.92 Å². The van der Waals surface area contributed by atoms with Gasteiger partial charge in [-0.05, 0) is 33.1 Å². The lowest BCUT2D eigenvalue weighted by Gasteiger charge is -2.19. The first kappa shape index (κ1) is 16.7. The van der Waals surface area contributed by atoms with Crippen molar-refractivity contribution in [2.45, 2.75) is 53.1 Å². The summed E-state index contributed by atoms with van der Waals surface area (Å²) >= 11 is 0. The number of carbonyl (C=O) groups excluding carboxylic acids is 2. The number of ether oxygens (including phenoxy) is 1. The molecule has 5 nitrogen and oxygen atoms in total. The molecule has 0 saturated heterocycles. The zero-order valence-corrected chi connectivity index (χ0v) is 12.1. The normalized spacial score (nSPS) is 11.2. The Bertz CT molecular complexity index is 270. The fourth-order valence-electron chi connectivity index (χ4n) is 1.26. The van der Waals surface area contributed by atoms with Crippen LogP contribution in [0.25, 0.3) is 0 Å². The number of rotatable bonds is 6. The van der Waals surface area contributed by atoms with Crippen molar-refractivity contribution < 1.29 is 14.3 Å². The van der Waals surface area contributed by atoms with E-state index in [1.54, 1.807) is 0 Å². The van der Waals surface area contributed by atoms with E-state index in [1.165, 1.54) is 0 Å². The van der Waals surface area contributed by atoms with Crippen LogP contribution in [0.2, 0.25) is 0 Å². The second-order valence-corrected chi connectivity index (χ2v) is 5.73. The van der Waals surface area contributed by atoms with Gasteiger partial charge in [0.25, 0.3) is 0 Å². The van der Waals surface area contributed by atoms with Crippen molar-refractivity contribution in [3.63, 3.8) is 0 Å². The van der Waals surface area contributed by atoms with Gasteiger partial charge in [-0.25, -0.2) is 4.79 Å². The van der Waals surface area contributed by atoms with E-state index in [0.29, 0.717) is 31.8 Å². The summed E-state index contributed by atoms with van der Waals surface area (Å²) in [5, 5.41) is 5.45. The monoisotopic (exact) mass is 258 g/mol. The molecule has 0 saturated carbocycles. The summed E-state index contributed by atoms with van der Waals surface area (Å²) in [5.74, 6) is 0.423. The van der Waals surface area contributed by atoms with E-state index in [4.69, 9.17) is 4.74 Å². The van der Waals surface area contributed by atoms with Crippen LogP contribution in [0.1, 0.15) is 47.5 Å². The van der Waals surface area contributed by atoms with Crippen molar-refractivity contribution in [3.05, 3.63) is 0 Å². The first-order valence-electron chi connectivity index (χ1n) is 6.44. The topological polar surface area (TPSA) is 67.4 Å². The molecule has 0 spiro atoms. The highest BCUT2D eigenvalue weighted by atomic mass is 16.6. The quantitative estimate of drug-likeness (QED) is 0.717. The Morgan fingerprint density at radius 3 is 2.17 bits per heavy atom. The molecule has 0 heterocycles. The van der Waals surface area contributed by atoms with Crippen LogP contribution in [0.4, 0.5) is 4.79 Å². The van der Waals surface area contributed by atoms with Crippen LogP contribution in [0.3, 0.4) is 0 Å². The molecule has 0 fully saturated rings. The summed E-state index contributed by atoms with van der Waals surface area (Å²) in [7, 11) is 0. The molecule has 0 aliphatic rings. The summed E-state index contributed by atoms with van der Waals surface area (Å²) in [6.45, 7) is 10.5. The number of alkyl carbamates (subject to hydrolysis) is 1. The maximum atomic E-state index is 11.3. The molecular formula is C13H26N2O3. The average Bonchev–Trinajstić information content (AvgIpc) is 2.12. The summed E-state index contributed by atoms with van der Waals surface area (Å²) in [6.07, 6.45) is 0.818. The maximum Gasteiger partial charge on any atom is 0.407 e. The minimum atomic E-state index is -0.477. The summed E-state index contributed by atoms with van der Waals surface area (Å²) in [4.78, 5) is 22.6. The number of carbonyl (C=O) groups is 2. The lowest BCUT2D eigenvalue weighted by Crippen LogP contribution is -2.34. The molecule has 0 unspecified atom stereocenters. The molecule has 106 valence electrons. The van der Waals surface area contributed by atoms with Gasteiger partial charge in [-0.15, -0.1) is 0 Å². The highest BCUT2D eigenvalue weighted by molar-refractivity contribution is 5.76. The molecule has 2 amide bonds. The van der Waals surface area contributed by atoms with Crippen LogP contribution in [0.15, 0.2) is 0 Å². The molecule has 0 aliphatic heterocycles. The van der Waals surface area contributed by atoms with Crippen molar-refractivity contribution >= 4 is 12.0 Å². The molecule has 0 rings (SSSR count). The first-order valence-corrected chi connectivity index (χ1v) is 6.44. The predicted molar refractivity (Wildman–Crippen MR) is 71.3 cm³/mol. The van der Waals surface area contributed by atoms with E-state index in [0.717, 1.165) is 0 Å². The zero-order chi connectivity index (χ0) is 14.2. The maximum absolute atomic E-state index is 11.3. The van der Waals surface area contributed by atoms with Gasteiger partial charge >= 0.3 is 6.09 Å². The van der Waals surface area contributed by atoms with Gasteiger partial charge in [0.1, 0.15) is 5.60 Å². The second-order valence-electron chi connectivity index (χ2n) is 5.73. The van der Waals surface area contributed by atoms with Crippen molar-refractivity contribution in [3.8, 4) is 0 Å². The number of amides is 2. The third-order valence-corrected chi connectivity index (χ3v) is 1.94. The predicted octanol–water partition coefficient (Wildman–Crippen LogP) is 2.06. The molecule has 0 aromatic carbocycles. The highest BCUT2D eigenvalue weighted by Crippen LogP contribution is 2.06. The van der Waals surface area contributed by atoms with Gasteiger partial charge in [0.2, 0.25) is 5.91 Å². The van der Waals surface area contributed by atoms with Gasteiger partial charge in [-0.1, -0.05) is 13.8 Å². The summed E-state index contributed by atoms with van der Waals surface area (Å²) in [5.41, 5.74) is -0.477. The van der Waals surface area contributed by atoms with Gasteiger partial charge in [0.15, 0.2) is 0 Å². The molecule has 0 atom stereocenters. The Balaban J connectivity index is 3.51. The lowest BCUT2D eigenvalue weighted by molar-refractivity contribution is -0.121. The van der Waals surface area contributed by atoms with Crippen LogP contribution in [-0.4, -0.2) is 30.7 Å². The molecule has 18 heavy (non-hydrogen) atoms. The van der Waals surface area contributed by atoms with E-state index >= 15 is 0 Å². The van der Waals surface area contributed by atoms with Crippen LogP contribution in [-0.2, 0) is 9.53 Å². The van der Waals surface area contributed by atoms with E-state index in [-0.39, 0.29) is 5.91 Å². The average molecular weight is 258 g/mol. The van der Waals surface area contributed by atoms with Crippen molar-refractivity contribution in [2.75, 3.05) is 13.1 Å². The smallest absolute Gasteiger partial charge is 0.407 e. The standard InChI is InChI=1S/C13H26N2O3/c1-10(2)9-11(16)14-7-6-8-15-12(17)18-13(3,4)5/h10H,6-9H2,1-5H3,(H,14,16)(H,15,17). The molecule has 0 radical (unpaired) electrons. The van der Waals surface area contributed by atoms with E-state index in [2.05, 4.69) is 10.6 Å². The van der Waals surface area contributed by atoms with Crippen LogP contribution < -0.4 is 10.6 Å². The van der Waals surface area contributed by atoms with Gasteiger partial charge in [-0.3, -0.25) is 4.79 Å². The third-order valence-electron chi connectivity index (χ3n) is 1.94. The molecule has 0 aliphatic carbocycles. The molecule has 5 heteroatoms. The number of hydrogen-bond acceptors (Lipinski definition) is 3. The van der Waals surface area contributed by atoms with E-state index in [1.807, 2.05) is 34.6 Å². The van der Waals surface area contributed by atoms with Gasteiger partial charge in [0.05, 0.1) is 0 Å². The fourth-order valence-corrected chi connectivity index (χ4v) is 1.26. The summed E-state index contributed by atoms with van der Waals surface area (Å²) in [6, 6.07) is 0. The van der Waals surface area contributed by atoms with Gasteiger partial charge in [-0.2, -0.15) is 0 Å². The van der Waals surface area contributed by atoms with Crippen molar-refractivity contribution in [1.82, 2.24) is 10.6 Å². The molecular weight excluding hydrogens is 232 g/mol. The Kier molecular flexibility index (Phi) is 7.39.